The molecule has 1 heterocycles. The maximum absolute atomic E-state index is 10.5. The van der Waals surface area contributed by atoms with Crippen LogP contribution < -0.4 is 0 Å². The van der Waals surface area contributed by atoms with E-state index in [0.717, 1.165) is 19.3 Å². The minimum Gasteiger partial charge on any atom is -0.390 e. The van der Waals surface area contributed by atoms with Crippen LogP contribution in [0.2, 0.25) is 0 Å². The summed E-state index contributed by atoms with van der Waals surface area (Å²) in [6, 6.07) is 0. The molecule has 0 aromatic carbocycles. The first-order chi connectivity index (χ1) is 21.0. The van der Waals surface area contributed by atoms with Crippen LogP contribution in [-0.4, -0.2) is 89.1 Å². The van der Waals surface area contributed by atoms with Gasteiger partial charge in [-0.3, -0.25) is 0 Å². The van der Waals surface area contributed by atoms with Crippen molar-refractivity contribution in [3.8, 4) is 0 Å². The Morgan fingerprint density at radius 2 is 1.19 bits per heavy atom. The van der Waals surface area contributed by atoms with Gasteiger partial charge in [-0.15, -0.1) is 0 Å². The van der Waals surface area contributed by atoms with Crippen LogP contribution >= 0.6 is 23.0 Å². The Kier molecular flexibility index (Phi) is 17.2. The standard InChI is InChI=1S/C38H75IO8/c1-27(42-21-18-33(5,6)40)28-26-43-31(30(28)38(15,16)46-24-20-35(9,10)47-39)29(37(13,14)45-23-19-34(7,8)41)25-36(11,12)44-22-17-32(2,3)4/h27-31,40-41H,17-26H2,1-16H3. The van der Waals surface area contributed by atoms with E-state index in [1.807, 2.05) is 50.7 Å². The Labute approximate surface area is 303 Å². The molecular formula is C38H75IO8. The molecule has 5 unspecified atom stereocenters. The topological polar surface area (TPSA) is 95.8 Å². The number of hydrogen-bond acceptors (Lipinski definition) is 8. The fraction of sp³-hybridized carbons (Fsp3) is 1.00. The lowest BCUT2D eigenvalue weighted by Gasteiger charge is -2.47. The first-order valence-corrected chi connectivity index (χ1v) is 18.8. The van der Waals surface area contributed by atoms with Crippen LogP contribution in [0.5, 0.6) is 0 Å². The van der Waals surface area contributed by atoms with Crippen molar-refractivity contribution in [2.45, 2.75) is 189 Å². The van der Waals surface area contributed by atoms with Crippen molar-refractivity contribution in [1.29, 1.82) is 0 Å². The second-order valence-electron chi connectivity index (χ2n) is 18.9. The number of rotatable bonds is 22. The van der Waals surface area contributed by atoms with Crippen LogP contribution in [0.3, 0.4) is 0 Å². The predicted octanol–water partition coefficient (Wildman–Crippen LogP) is 8.71. The second kappa shape index (κ2) is 17.8. The van der Waals surface area contributed by atoms with Crippen LogP contribution in [0.15, 0.2) is 0 Å². The van der Waals surface area contributed by atoms with Gasteiger partial charge in [0.25, 0.3) is 0 Å². The number of hydrogen-bond donors (Lipinski definition) is 2. The molecule has 282 valence electrons. The summed E-state index contributed by atoms with van der Waals surface area (Å²) in [5, 5.41) is 20.8. The molecule has 2 N–H and O–H groups in total. The van der Waals surface area contributed by atoms with E-state index >= 15 is 0 Å². The smallest absolute Gasteiger partial charge is 0.110 e. The van der Waals surface area contributed by atoms with Gasteiger partial charge in [-0.25, -0.2) is 0 Å². The lowest BCUT2D eigenvalue weighted by molar-refractivity contribution is -0.168. The summed E-state index contributed by atoms with van der Waals surface area (Å²) in [5.41, 5.74) is -3.31. The molecule has 0 spiro atoms. The van der Waals surface area contributed by atoms with E-state index in [9.17, 15) is 10.2 Å². The zero-order valence-electron chi connectivity index (χ0n) is 33.2. The molecule has 1 aliphatic rings. The van der Waals surface area contributed by atoms with E-state index in [1.54, 1.807) is 0 Å². The van der Waals surface area contributed by atoms with E-state index in [2.05, 4.69) is 83.1 Å². The van der Waals surface area contributed by atoms with Crippen LogP contribution in [-0.2, 0) is 26.8 Å². The van der Waals surface area contributed by atoms with Gasteiger partial charge in [-0.05, 0) is 121 Å². The number of aliphatic hydroxyl groups is 2. The van der Waals surface area contributed by atoms with Crippen molar-refractivity contribution in [2.75, 3.05) is 33.0 Å². The summed E-state index contributed by atoms with van der Waals surface area (Å²) in [7, 11) is 0. The molecule has 9 heteroatoms. The van der Waals surface area contributed by atoms with Gasteiger partial charge in [0.2, 0.25) is 0 Å². The molecule has 0 saturated carbocycles. The highest BCUT2D eigenvalue weighted by atomic mass is 127. The van der Waals surface area contributed by atoms with Crippen molar-refractivity contribution in [2.24, 2.45) is 23.2 Å². The highest BCUT2D eigenvalue weighted by molar-refractivity contribution is 14.1. The molecule has 1 saturated heterocycles. The lowest BCUT2D eigenvalue weighted by Crippen LogP contribution is -2.54. The van der Waals surface area contributed by atoms with Gasteiger partial charge < -0.3 is 37.0 Å². The summed E-state index contributed by atoms with van der Waals surface area (Å²) < 4.78 is 39.0. The Balaban J connectivity index is 3.52. The monoisotopic (exact) mass is 786 g/mol. The summed E-state index contributed by atoms with van der Waals surface area (Å²) in [4.78, 5) is 0. The van der Waals surface area contributed by atoms with Gasteiger partial charge in [0.1, 0.15) is 23.0 Å². The van der Waals surface area contributed by atoms with Gasteiger partial charge in [-0.1, -0.05) is 20.8 Å². The summed E-state index contributed by atoms with van der Waals surface area (Å²) in [6.45, 7) is 35.9. The highest BCUT2D eigenvalue weighted by Crippen LogP contribution is 2.48. The molecule has 0 aliphatic carbocycles. The third-order valence-corrected chi connectivity index (χ3v) is 10.9. The molecule has 0 bridgehead atoms. The molecule has 47 heavy (non-hydrogen) atoms. The molecule has 0 aromatic rings. The van der Waals surface area contributed by atoms with E-state index < -0.39 is 28.0 Å². The highest BCUT2D eigenvalue weighted by Gasteiger charge is 2.55. The van der Waals surface area contributed by atoms with Crippen molar-refractivity contribution in [1.82, 2.24) is 0 Å². The molecule has 1 aliphatic heterocycles. The van der Waals surface area contributed by atoms with Crippen molar-refractivity contribution in [3.63, 3.8) is 0 Å². The molecule has 1 rings (SSSR count). The minimum atomic E-state index is -0.820. The first kappa shape index (κ1) is 45.4. The zero-order valence-corrected chi connectivity index (χ0v) is 35.3. The van der Waals surface area contributed by atoms with Crippen LogP contribution in [0.4, 0.5) is 0 Å². The lowest BCUT2D eigenvalue weighted by atomic mass is 9.67. The third kappa shape index (κ3) is 17.5. The normalized spacial score (nSPS) is 22.1. The van der Waals surface area contributed by atoms with Crippen LogP contribution in [0.25, 0.3) is 0 Å². The summed E-state index contributed by atoms with van der Waals surface area (Å²) in [5.74, 6) is -0.00875. The molecule has 0 amide bonds. The number of ether oxygens (including phenoxy) is 5. The van der Waals surface area contributed by atoms with Crippen molar-refractivity contribution >= 4 is 23.0 Å². The van der Waals surface area contributed by atoms with Gasteiger partial charge in [-0.2, -0.15) is 0 Å². The Morgan fingerprint density at radius 3 is 1.70 bits per heavy atom. The van der Waals surface area contributed by atoms with Gasteiger partial charge in [0.15, 0.2) is 0 Å². The molecule has 8 nitrogen and oxygen atoms in total. The first-order valence-electron chi connectivity index (χ1n) is 17.9. The van der Waals surface area contributed by atoms with Crippen LogP contribution in [0, 0.1) is 23.2 Å². The zero-order chi connectivity index (χ0) is 36.7. The average Bonchev–Trinajstić information content (AvgIpc) is 3.30. The Morgan fingerprint density at radius 1 is 0.681 bits per heavy atom. The maximum atomic E-state index is 10.5. The summed E-state index contributed by atoms with van der Waals surface area (Å²) in [6.07, 6.45) is 3.21. The minimum absolute atomic E-state index is 0.0178. The third-order valence-electron chi connectivity index (χ3n) is 9.72. The average molecular weight is 787 g/mol. The van der Waals surface area contributed by atoms with Crippen molar-refractivity contribution in [3.05, 3.63) is 0 Å². The van der Waals surface area contributed by atoms with Gasteiger partial charge in [0.05, 0.1) is 65.6 Å². The van der Waals surface area contributed by atoms with E-state index in [4.69, 9.17) is 26.8 Å². The molecule has 0 radical (unpaired) electrons. The SMILES string of the molecule is CC(OCCC(C)(C)O)C1COC(C(CC(C)(C)OCCC(C)(C)C)C(C)(C)OCCC(C)(C)O)C1C(C)(C)OCCC(C)(C)OI. The predicted molar refractivity (Wildman–Crippen MR) is 200 cm³/mol. The largest absolute Gasteiger partial charge is 0.390 e. The Hall–Kier alpha value is 0.410. The summed E-state index contributed by atoms with van der Waals surface area (Å²) >= 11 is 1.97. The van der Waals surface area contributed by atoms with Gasteiger partial charge >= 0.3 is 0 Å². The van der Waals surface area contributed by atoms with Crippen molar-refractivity contribution < 1.29 is 37.0 Å². The fourth-order valence-corrected chi connectivity index (χ4v) is 6.56. The van der Waals surface area contributed by atoms with E-state index in [-0.39, 0.29) is 41.0 Å². The molecule has 0 aromatic heterocycles. The molecule has 1 fully saturated rings. The maximum Gasteiger partial charge on any atom is 0.110 e. The molecular weight excluding hydrogens is 711 g/mol. The number of halogens is 1. The fourth-order valence-electron chi connectivity index (χ4n) is 6.34. The van der Waals surface area contributed by atoms with E-state index in [0.29, 0.717) is 45.9 Å². The molecule has 5 atom stereocenters. The Bertz CT molecular complexity index is 897. The second-order valence-corrected chi connectivity index (χ2v) is 19.3. The quantitative estimate of drug-likeness (QED) is 0.105. The van der Waals surface area contributed by atoms with E-state index in [1.165, 1.54) is 0 Å². The van der Waals surface area contributed by atoms with Crippen LogP contribution in [0.1, 0.15) is 143 Å². The van der Waals surface area contributed by atoms with Gasteiger partial charge in [0, 0.05) is 37.4 Å².